The van der Waals surface area contributed by atoms with Crippen LogP contribution in [0.5, 0.6) is 0 Å². The largest absolute Gasteiger partial charge is 0.303 e. The van der Waals surface area contributed by atoms with Gasteiger partial charge in [-0.1, -0.05) is 6.07 Å². The minimum absolute atomic E-state index is 0.123. The second-order valence-corrected chi connectivity index (χ2v) is 7.15. The molecule has 0 saturated heterocycles. The zero-order valence-corrected chi connectivity index (χ0v) is 13.0. The first kappa shape index (κ1) is 13.8. The van der Waals surface area contributed by atoms with Crippen molar-refractivity contribution < 1.29 is 4.39 Å². The Morgan fingerprint density at radius 3 is 2.80 bits per heavy atom. The van der Waals surface area contributed by atoms with Crippen molar-refractivity contribution in [3.63, 3.8) is 0 Å². The first-order valence-electron chi connectivity index (χ1n) is 7.16. The van der Waals surface area contributed by atoms with Crippen LogP contribution in [0.2, 0.25) is 0 Å². The Balaban J connectivity index is 1.79. The van der Waals surface area contributed by atoms with Gasteiger partial charge in [-0.3, -0.25) is 0 Å². The van der Waals surface area contributed by atoms with E-state index in [9.17, 15) is 4.39 Å². The third-order valence-electron chi connectivity index (χ3n) is 4.18. The zero-order valence-electron chi connectivity index (χ0n) is 12.2. The highest BCUT2D eigenvalue weighted by molar-refractivity contribution is 7.12. The first-order chi connectivity index (χ1) is 9.54. The monoisotopic (exact) mass is 289 g/mol. The third-order valence-corrected chi connectivity index (χ3v) is 5.16. The van der Waals surface area contributed by atoms with Crippen molar-refractivity contribution >= 4 is 11.3 Å². The predicted octanol–water partition coefficient (Wildman–Crippen LogP) is 4.84. The molecule has 106 valence electrons. The molecule has 0 amide bonds. The van der Waals surface area contributed by atoms with Gasteiger partial charge in [0, 0.05) is 21.8 Å². The van der Waals surface area contributed by atoms with Gasteiger partial charge < -0.3 is 5.32 Å². The number of nitrogens with one attached hydrogen (secondary N) is 1. The van der Waals surface area contributed by atoms with Crippen molar-refractivity contribution in [1.29, 1.82) is 0 Å². The second-order valence-electron chi connectivity index (χ2n) is 5.69. The van der Waals surface area contributed by atoms with E-state index < -0.39 is 0 Å². The highest BCUT2D eigenvalue weighted by atomic mass is 32.1. The molecule has 0 radical (unpaired) electrons. The van der Waals surface area contributed by atoms with E-state index in [1.165, 1.54) is 20.9 Å². The van der Waals surface area contributed by atoms with Crippen LogP contribution in [0.1, 0.15) is 51.9 Å². The number of thiophene rings is 1. The van der Waals surface area contributed by atoms with E-state index in [-0.39, 0.29) is 5.82 Å². The Morgan fingerprint density at radius 1 is 1.30 bits per heavy atom. The predicted molar refractivity (Wildman–Crippen MR) is 82.8 cm³/mol. The normalized spacial score (nSPS) is 19.1. The molecule has 0 fully saturated rings. The fraction of sp³-hybridized carbons (Fsp3) is 0.412. The molecule has 3 rings (SSSR count). The van der Waals surface area contributed by atoms with Gasteiger partial charge in [0.05, 0.1) is 0 Å². The summed E-state index contributed by atoms with van der Waals surface area (Å²) in [7, 11) is 0. The molecule has 0 bridgehead atoms. The maximum Gasteiger partial charge on any atom is 0.123 e. The molecule has 2 aromatic rings. The minimum Gasteiger partial charge on any atom is -0.303 e. The molecule has 0 aliphatic heterocycles. The first-order valence-corrected chi connectivity index (χ1v) is 7.97. The molecule has 0 spiro atoms. The number of rotatable bonds is 3. The maximum atomic E-state index is 13.3. The van der Waals surface area contributed by atoms with Gasteiger partial charge in [0.1, 0.15) is 5.82 Å². The fourth-order valence-corrected chi connectivity index (χ4v) is 4.25. The highest BCUT2D eigenvalue weighted by Gasteiger charge is 2.25. The van der Waals surface area contributed by atoms with Crippen LogP contribution in [0.15, 0.2) is 24.3 Å². The number of fused-ring (bicyclic) bond motifs is 1. The molecule has 20 heavy (non-hydrogen) atoms. The lowest BCUT2D eigenvalue weighted by Crippen LogP contribution is -2.23. The van der Waals surface area contributed by atoms with Gasteiger partial charge in [-0.25, -0.2) is 4.39 Å². The van der Waals surface area contributed by atoms with E-state index in [1.54, 1.807) is 12.1 Å². The summed E-state index contributed by atoms with van der Waals surface area (Å²) >= 11 is 1.85. The lowest BCUT2D eigenvalue weighted by molar-refractivity contribution is 0.464. The van der Waals surface area contributed by atoms with Crippen LogP contribution in [0.4, 0.5) is 4.39 Å². The van der Waals surface area contributed by atoms with E-state index in [0.717, 1.165) is 18.4 Å². The van der Waals surface area contributed by atoms with E-state index in [0.29, 0.717) is 12.1 Å². The van der Waals surface area contributed by atoms with E-state index in [1.807, 2.05) is 17.4 Å². The van der Waals surface area contributed by atoms with Crippen LogP contribution in [0.3, 0.4) is 0 Å². The topological polar surface area (TPSA) is 12.0 Å². The maximum absolute atomic E-state index is 13.3. The Kier molecular flexibility index (Phi) is 3.65. The summed E-state index contributed by atoms with van der Waals surface area (Å²) in [5.74, 6) is -0.123. The smallest absolute Gasteiger partial charge is 0.123 e. The van der Waals surface area contributed by atoms with Crippen molar-refractivity contribution in [3.05, 3.63) is 56.5 Å². The molecule has 0 saturated carbocycles. The number of halogens is 1. The minimum atomic E-state index is -0.123. The Bertz CT molecular complexity index is 632. The molecule has 1 aliphatic rings. The summed E-state index contributed by atoms with van der Waals surface area (Å²) in [6.07, 6.45) is 2.03. The average Bonchev–Trinajstić information content (AvgIpc) is 2.93. The van der Waals surface area contributed by atoms with Crippen LogP contribution in [0.25, 0.3) is 0 Å². The van der Waals surface area contributed by atoms with Crippen LogP contribution >= 0.6 is 11.3 Å². The van der Waals surface area contributed by atoms with Gasteiger partial charge in [0.25, 0.3) is 0 Å². The number of benzene rings is 1. The second kappa shape index (κ2) is 5.30. The summed E-state index contributed by atoms with van der Waals surface area (Å²) < 4.78 is 13.3. The molecule has 1 aromatic heterocycles. The lowest BCUT2D eigenvalue weighted by Gasteiger charge is -2.20. The van der Waals surface area contributed by atoms with Gasteiger partial charge in [0.15, 0.2) is 0 Å². The zero-order chi connectivity index (χ0) is 14.3. The molecular weight excluding hydrogens is 269 g/mol. The number of aryl methyl sites for hydroxylation is 3. The summed E-state index contributed by atoms with van der Waals surface area (Å²) in [4.78, 5) is 2.75. The molecule has 1 heterocycles. The van der Waals surface area contributed by atoms with Crippen molar-refractivity contribution in [2.24, 2.45) is 0 Å². The fourth-order valence-electron chi connectivity index (χ4n) is 3.23. The molecule has 1 aromatic carbocycles. The average molecular weight is 289 g/mol. The standard InChI is InChI=1S/C17H20FNS/c1-10-8-16(12(3)20-10)11(2)19-17-7-4-13-9-14(18)5-6-15(13)17/h5-6,8-9,11,17,19H,4,7H2,1-3H3. The third kappa shape index (κ3) is 2.52. The van der Waals surface area contributed by atoms with Crippen molar-refractivity contribution in [3.8, 4) is 0 Å². The van der Waals surface area contributed by atoms with Gasteiger partial charge >= 0.3 is 0 Å². The summed E-state index contributed by atoms with van der Waals surface area (Å²) in [6.45, 7) is 6.56. The van der Waals surface area contributed by atoms with E-state index in [2.05, 4.69) is 32.2 Å². The summed E-state index contributed by atoms with van der Waals surface area (Å²) in [5.41, 5.74) is 3.82. The molecule has 2 atom stereocenters. The molecule has 1 N–H and O–H groups in total. The Hall–Kier alpha value is -1.19. The van der Waals surface area contributed by atoms with Crippen LogP contribution in [-0.4, -0.2) is 0 Å². The van der Waals surface area contributed by atoms with Gasteiger partial charge in [-0.15, -0.1) is 11.3 Å². The highest BCUT2D eigenvalue weighted by Crippen LogP contribution is 2.35. The SMILES string of the molecule is Cc1cc(C(C)NC2CCc3cc(F)ccc32)c(C)s1. The molecular formula is C17H20FNS. The summed E-state index contributed by atoms with van der Waals surface area (Å²) in [5, 5.41) is 3.71. The molecule has 1 aliphatic carbocycles. The summed E-state index contributed by atoms with van der Waals surface area (Å²) in [6, 6.07) is 8.15. The van der Waals surface area contributed by atoms with Gasteiger partial charge in [-0.2, -0.15) is 0 Å². The number of hydrogen-bond donors (Lipinski definition) is 1. The molecule has 3 heteroatoms. The number of hydrogen-bond acceptors (Lipinski definition) is 2. The van der Waals surface area contributed by atoms with Gasteiger partial charge in [0.2, 0.25) is 0 Å². The molecule has 2 unspecified atom stereocenters. The Morgan fingerprint density at radius 2 is 2.10 bits per heavy atom. The van der Waals surface area contributed by atoms with E-state index in [4.69, 9.17) is 0 Å². The van der Waals surface area contributed by atoms with Crippen LogP contribution in [-0.2, 0) is 6.42 Å². The van der Waals surface area contributed by atoms with Crippen molar-refractivity contribution in [1.82, 2.24) is 5.32 Å². The van der Waals surface area contributed by atoms with Crippen molar-refractivity contribution in [2.45, 2.75) is 45.7 Å². The van der Waals surface area contributed by atoms with Gasteiger partial charge in [-0.05, 0) is 68.5 Å². The molecule has 1 nitrogen and oxygen atoms in total. The van der Waals surface area contributed by atoms with Crippen LogP contribution < -0.4 is 5.32 Å². The van der Waals surface area contributed by atoms with Crippen LogP contribution in [0, 0.1) is 19.7 Å². The Labute approximate surface area is 123 Å². The lowest BCUT2D eigenvalue weighted by atomic mass is 10.0. The quantitative estimate of drug-likeness (QED) is 0.852. The van der Waals surface area contributed by atoms with Crippen molar-refractivity contribution in [2.75, 3.05) is 0 Å². The van der Waals surface area contributed by atoms with E-state index >= 15 is 0 Å².